The van der Waals surface area contributed by atoms with Gasteiger partial charge in [0, 0.05) is 12.5 Å². The van der Waals surface area contributed by atoms with Gasteiger partial charge in [-0.15, -0.1) is 10.2 Å². The van der Waals surface area contributed by atoms with Crippen molar-refractivity contribution < 1.29 is 19.4 Å². The first-order valence-electron chi connectivity index (χ1n) is 6.55. The Hall–Kier alpha value is -1.57. The monoisotopic (exact) mass is 299 g/mol. The largest absolute Gasteiger partial charge is 0.481 e. The second-order valence-corrected chi connectivity index (χ2v) is 5.45. The van der Waals surface area contributed by atoms with Crippen molar-refractivity contribution in [3.05, 3.63) is 5.82 Å². The summed E-state index contributed by atoms with van der Waals surface area (Å²) in [5, 5.41) is 17.4. The topological polar surface area (TPSA) is 94.3 Å². The van der Waals surface area contributed by atoms with E-state index in [-0.39, 0.29) is 18.1 Å². The Bertz CT molecular complexity index is 499. The van der Waals surface area contributed by atoms with Crippen LogP contribution in [0.5, 0.6) is 0 Å². The van der Waals surface area contributed by atoms with Gasteiger partial charge in [0.15, 0.2) is 5.16 Å². The van der Waals surface area contributed by atoms with Crippen LogP contribution in [-0.2, 0) is 20.9 Å². The minimum absolute atomic E-state index is 0.0673. The molecule has 0 saturated heterocycles. The number of aliphatic carboxylic acids is 1. The molecule has 0 atom stereocenters. The molecule has 110 valence electrons. The second-order valence-electron chi connectivity index (χ2n) is 4.50. The summed E-state index contributed by atoms with van der Waals surface area (Å²) < 4.78 is 6.75. The van der Waals surface area contributed by atoms with E-state index in [1.165, 1.54) is 0 Å². The number of rotatable bonds is 8. The van der Waals surface area contributed by atoms with Crippen LogP contribution in [0.4, 0.5) is 0 Å². The summed E-state index contributed by atoms with van der Waals surface area (Å²) in [7, 11) is 0. The van der Waals surface area contributed by atoms with Crippen molar-refractivity contribution >= 4 is 23.7 Å². The Labute approximate surface area is 120 Å². The first-order valence-corrected chi connectivity index (χ1v) is 7.53. The highest BCUT2D eigenvalue weighted by Crippen LogP contribution is 2.40. The number of hydrogen-bond acceptors (Lipinski definition) is 6. The summed E-state index contributed by atoms with van der Waals surface area (Å²) in [6.45, 7) is 2.55. The molecule has 1 aromatic rings. The van der Waals surface area contributed by atoms with E-state index in [1.54, 1.807) is 6.92 Å². The molecule has 0 bridgehead atoms. The highest BCUT2D eigenvalue weighted by atomic mass is 32.2. The maximum atomic E-state index is 11.4. The van der Waals surface area contributed by atoms with Crippen LogP contribution in [0.25, 0.3) is 0 Å². The van der Waals surface area contributed by atoms with E-state index in [1.807, 2.05) is 4.57 Å². The van der Waals surface area contributed by atoms with Gasteiger partial charge in [-0.25, -0.2) is 0 Å². The van der Waals surface area contributed by atoms with Crippen molar-refractivity contribution in [2.75, 3.05) is 12.4 Å². The van der Waals surface area contributed by atoms with Crippen LogP contribution >= 0.6 is 11.8 Å². The fraction of sp³-hybridized carbons (Fsp3) is 0.667. The number of thioether (sulfide) groups is 1. The smallest absolute Gasteiger partial charge is 0.313 e. The maximum Gasteiger partial charge on any atom is 0.313 e. The van der Waals surface area contributed by atoms with E-state index in [4.69, 9.17) is 9.84 Å². The predicted molar refractivity (Wildman–Crippen MR) is 71.6 cm³/mol. The maximum absolute atomic E-state index is 11.4. The van der Waals surface area contributed by atoms with Crippen molar-refractivity contribution in [2.24, 2.45) is 0 Å². The molecule has 8 heteroatoms. The Balaban J connectivity index is 2.04. The molecule has 0 aliphatic heterocycles. The molecule has 2 rings (SSSR count). The molecule has 0 unspecified atom stereocenters. The standard InChI is InChI=1S/C12H17N3O4S/c1-2-19-10(18)5-6-15-11(8-3-4-8)13-14-12(15)20-7-9(16)17/h8H,2-7H2,1H3,(H,16,17). The number of aromatic nitrogens is 3. The third kappa shape index (κ3) is 3.96. The van der Waals surface area contributed by atoms with Crippen molar-refractivity contribution in [3.8, 4) is 0 Å². The van der Waals surface area contributed by atoms with Gasteiger partial charge in [0.25, 0.3) is 0 Å². The predicted octanol–water partition coefficient (Wildman–Crippen LogP) is 1.29. The quantitative estimate of drug-likeness (QED) is 0.571. The van der Waals surface area contributed by atoms with E-state index in [0.717, 1.165) is 30.4 Å². The van der Waals surface area contributed by atoms with Crippen molar-refractivity contribution in [2.45, 2.75) is 43.8 Å². The number of hydrogen-bond donors (Lipinski definition) is 1. The van der Waals surface area contributed by atoms with Crippen LogP contribution in [0.1, 0.15) is 37.9 Å². The van der Waals surface area contributed by atoms with Crippen LogP contribution in [0.15, 0.2) is 5.16 Å². The zero-order valence-corrected chi connectivity index (χ0v) is 12.1. The molecule has 0 amide bonds. The Morgan fingerprint density at radius 3 is 2.80 bits per heavy atom. The van der Waals surface area contributed by atoms with Gasteiger partial charge in [-0.3, -0.25) is 9.59 Å². The lowest BCUT2D eigenvalue weighted by Gasteiger charge is -2.08. The molecule has 1 fully saturated rings. The summed E-state index contributed by atoms with van der Waals surface area (Å²) in [4.78, 5) is 22.1. The lowest BCUT2D eigenvalue weighted by molar-refractivity contribution is -0.143. The van der Waals surface area contributed by atoms with Crippen LogP contribution in [0, 0.1) is 0 Å². The molecular formula is C12H17N3O4S. The van der Waals surface area contributed by atoms with E-state index in [0.29, 0.717) is 24.2 Å². The average Bonchev–Trinajstić information content (AvgIpc) is 3.16. The molecule has 0 spiro atoms. The van der Waals surface area contributed by atoms with Crippen LogP contribution < -0.4 is 0 Å². The molecule has 20 heavy (non-hydrogen) atoms. The Morgan fingerprint density at radius 1 is 1.45 bits per heavy atom. The fourth-order valence-electron chi connectivity index (χ4n) is 1.82. The molecule has 0 aromatic carbocycles. The normalized spacial score (nSPS) is 14.2. The van der Waals surface area contributed by atoms with Crippen molar-refractivity contribution in [1.29, 1.82) is 0 Å². The van der Waals surface area contributed by atoms with Crippen LogP contribution in [0.2, 0.25) is 0 Å². The lowest BCUT2D eigenvalue weighted by Crippen LogP contribution is -2.12. The van der Waals surface area contributed by atoms with Crippen molar-refractivity contribution in [3.63, 3.8) is 0 Å². The van der Waals surface area contributed by atoms with E-state index >= 15 is 0 Å². The molecule has 1 aromatic heterocycles. The van der Waals surface area contributed by atoms with Gasteiger partial charge in [-0.1, -0.05) is 11.8 Å². The van der Waals surface area contributed by atoms with Gasteiger partial charge < -0.3 is 14.4 Å². The number of nitrogens with zero attached hydrogens (tertiary/aromatic N) is 3. The lowest BCUT2D eigenvalue weighted by atomic mass is 10.3. The number of esters is 1. The SMILES string of the molecule is CCOC(=O)CCn1c(SCC(=O)O)nnc1C1CC1. The van der Waals surface area contributed by atoms with Crippen molar-refractivity contribution in [1.82, 2.24) is 14.8 Å². The minimum Gasteiger partial charge on any atom is -0.481 e. The van der Waals surface area contributed by atoms with E-state index in [9.17, 15) is 9.59 Å². The van der Waals surface area contributed by atoms with Gasteiger partial charge in [-0.2, -0.15) is 0 Å². The van der Waals surface area contributed by atoms with Gasteiger partial charge >= 0.3 is 11.9 Å². The molecule has 1 saturated carbocycles. The summed E-state index contributed by atoms with van der Waals surface area (Å²) in [5.41, 5.74) is 0. The van der Waals surface area contributed by atoms with Gasteiger partial charge in [-0.05, 0) is 19.8 Å². The molecule has 0 radical (unpaired) electrons. The average molecular weight is 299 g/mol. The number of carboxylic acid groups (broad SMARTS) is 1. The number of ether oxygens (including phenoxy) is 1. The minimum atomic E-state index is -0.900. The van der Waals surface area contributed by atoms with Crippen LogP contribution in [0.3, 0.4) is 0 Å². The Morgan fingerprint density at radius 2 is 2.20 bits per heavy atom. The molecular weight excluding hydrogens is 282 g/mol. The number of carboxylic acids is 1. The molecule has 1 heterocycles. The third-order valence-electron chi connectivity index (χ3n) is 2.86. The summed E-state index contributed by atoms with van der Waals surface area (Å²) in [5.74, 6) is 0.00784. The molecule has 1 aliphatic carbocycles. The molecule has 7 nitrogen and oxygen atoms in total. The number of carbonyl (C=O) groups is 2. The fourth-order valence-corrected chi connectivity index (χ4v) is 2.51. The van der Waals surface area contributed by atoms with Crippen LogP contribution in [-0.4, -0.2) is 44.2 Å². The van der Waals surface area contributed by atoms with E-state index < -0.39 is 5.97 Å². The second kappa shape index (κ2) is 6.74. The first-order chi connectivity index (χ1) is 9.61. The highest BCUT2D eigenvalue weighted by Gasteiger charge is 2.30. The summed E-state index contributed by atoms with van der Waals surface area (Å²) in [6.07, 6.45) is 2.38. The Kier molecular flexibility index (Phi) is 4.99. The zero-order chi connectivity index (χ0) is 14.5. The summed E-state index contributed by atoms with van der Waals surface area (Å²) in [6, 6.07) is 0. The van der Waals surface area contributed by atoms with E-state index in [2.05, 4.69) is 10.2 Å². The van der Waals surface area contributed by atoms with Gasteiger partial charge in [0.2, 0.25) is 0 Å². The van der Waals surface area contributed by atoms with Gasteiger partial charge in [0.1, 0.15) is 5.82 Å². The third-order valence-corrected chi connectivity index (χ3v) is 3.81. The zero-order valence-electron chi connectivity index (χ0n) is 11.2. The first kappa shape index (κ1) is 14.8. The summed E-state index contributed by atoms with van der Waals surface area (Å²) >= 11 is 1.12. The number of carbonyl (C=O) groups excluding carboxylic acids is 1. The highest BCUT2D eigenvalue weighted by molar-refractivity contribution is 7.99. The molecule has 1 aliphatic rings. The van der Waals surface area contributed by atoms with Gasteiger partial charge in [0.05, 0.1) is 18.8 Å². The molecule has 1 N–H and O–H groups in total.